The van der Waals surface area contributed by atoms with E-state index < -0.39 is 12.0 Å². The van der Waals surface area contributed by atoms with Crippen LogP contribution in [0.2, 0.25) is 0 Å². The van der Waals surface area contributed by atoms with E-state index in [4.69, 9.17) is 10.8 Å². The largest absolute Gasteiger partial charge is 0.480 e. The summed E-state index contributed by atoms with van der Waals surface area (Å²) in [6.07, 6.45) is 6.48. The predicted octanol–water partition coefficient (Wildman–Crippen LogP) is 0.957. The number of hydrogen-bond acceptors (Lipinski definition) is 3. The van der Waals surface area contributed by atoms with Crippen molar-refractivity contribution in [2.45, 2.75) is 51.1 Å². The molecule has 0 heterocycles. The monoisotopic (exact) mass is 214 g/mol. The zero-order valence-corrected chi connectivity index (χ0v) is 9.41. The molecule has 4 heteroatoms. The van der Waals surface area contributed by atoms with E-state index in [1.807, 2.05) is 0 Å². The molecule has 4 N–H and O–H groups in total. The van der Waals surface area contributed by atoms with E-state index in [0.717, 1.165) is 0 Å². The maximum atomic E-state index is 10.5. The lowest BCUT2D eigenvalue weighted by Gasteiger charge is -2.28. The van der Waals surface area contributed by atoms with Crippen LogP contribution in [0.4, 0.5) is 0 Å². The number of aliphatic carboxylic acids is 1. The van der Waals surface area contributed by atoms with Crippen LogP contribution in [0.25, 0.3) is 0 Å². The van der Waals surface area contributed by atoms with Crippen molar-refractivity contribution in [3.8, 4) is 0 Å². The van der Waals surface area contributed by atoms with E-state index in [-0.39, 0.29) is 0 Å². The molecule has 4 nitrogen and oxygen atoms in total. The number of hydrogen-bond donors (Lipinski definition) is 3. The highest BCUT2D eigenvalue weighted by molar-refractivity contribution is 5.73. The van der Waals surface area contributed by atoms with Gasteiger partial charge >= 0.3 is 5.97 Å². The molecule has 0 aromatic carbocycles. The molecular formula is C11H22N2O2. The van der Waals surface area contributed by atoms with Gasteiger partial charge in [-0.25, -0.2) is 0 Å². The maximum Gasteiger partial charge on any atom is 0.321 e. The van der Waals surface area contributed by atoms with Gasteiger partial charge in [0.15, 0.2) is 0 Å². The number of carbonyl (C=O) groups is 1. The van der Waals surface area contributed by atoms with Crippen LogP contribution in [0.1, 0.15) is 39.0 Å². The summed E-state index contributed by atoms with van der Waals surface area (Å²) in [5, 5.41) is 11.9. The van der Waals surface area contributed by atoms with E-state index >= 15 is 0 Å². The van der Waals surface area contributed by atoms with E-state index in [9.17, 15) is 4.79 Å². The Hall–Kier alpha value is -0.610. The van der Waals surface area contributed by atoms with Gasteiger partial charge in [-0.15, -0.1) is 0 Å². The Bertz CT molecular complexity index is 203. The van der Waals surface area contributed by atoms with Crippen LogP contribution in [0.15, 0.2) is 0 Å². The molecule has 1 unspecified atom stereocenters. The van der Waals surface area contributed by atoms with E-state index in [2.05, 4.69) is 12.2 Å². The minimum Gasteiger partial charge on any atom is -0.480 e. The molecule has 1 aliphatic rings. The zero-order valence-electron chi connectivity index (χ0n) is 9.41. The van der Waals surface area contributed by atoms with E-state index in [1.54, 1.807) is 0 Å². The van der Waals surface area contributed by atoms with Gasteiger partial charge in [0.1, 0.15) is 6.04 Å². The minimum absolute atomic E-state index is 0.368. The summed E-state index contributed by atoms with van der Waals surface area (Å²) in [5.41, 5.74) is 5.43. The third kappa shape index (κ3) is 4.18. The van der Waals surface area contributed by atoms with Crippen molar-refractivity contribution >= 4 is 5.97 Å². The standard InChI is InChI=1S/C11H22N2O2/c1-8(9-5-3-2-4-6-9)13-7-10(12)11(14)15/h8-10,13H,2-7,12H2,1H3,(H,14,15)/t8-,10?/m0/s1. The first-order chi connectivity index (χ1) is 7.11. The number of rotatable bonds is 5. The van der Waals surface area contributed by atoms with Crippen LogP contribution < -0.4 is 11.1 Å². The van der Waals surface area contributed by atoms with Crippen molar-refractivity contribution in [3.63, 3.8) is 0 Å². The van der Waals surface area contributed by atoms with Gasteiger partial charge in [-0.2, -0.15) is 0 Å². The Morgan fingerprint density at radius 2 is 2.07 bits per heavy atom. The summed E-state index contributed by atoms with van der Waals surface area (Å²) >= 11 is 0. The first kappa shape index (κ1) is 12.5. The molecule has 0 aliphatic heterocycles. The Balaban J connectivity index is 2.22. The fourth-order valence-corrected chi connectivity index (χ4v) is 2.20. The van der Waals surface area contributed by atoms with Gasteiger partial charge in [0, 0.05) is 12.6 Å². The molecule has 0 aromatic heterocycles. The second kappa shape index (κ2) is 6.08. The van der Waals surface area contributed by atoms with Crippen molar-refractivity contribution < 1.29 is 9.90 Å². The van der Waals surface area contributed by atoms with Gasteiger partial charge in [-0.05, 0) is 25.7 Å². The van der Waals surface area contributed by atoms with Crippen LogP contribution in [-0.4, -0.2) is 29.7 Å². The van der Waals surface area contributed by atoms with Crippen LogP contribution in [0.5, 0.6) is 0 Å². The first-order valence-electron chi connectivity index (χ1n) is 5.83. The zero-order chi connectivity index (χ0) is 11.3. The van der Waals surface area contributed by atoms with E-state index in [1.165, 1.54) is 32.1 Å². The Kier molecular flexibility index (Phi) is 5.05. The van der Waals surface area contributed by atoms with Crippen molar-refractivity contribution in [2.75, 3.05) is 6.54 Å². The quantitative estimate of drug-likeness (QED) is 0.637. The lowest BCUT2D eigenvalue weighted by molar-refractivity contribution is -0.138. The number of carboxylic acid groups (broad SMARTS) is 1. The fourth-order valence-electron chi connectivity index (χ4n) is 2.20. The van der Waals surface area contributed by atoms with Gasteiger partial charge in [0.25, 0.3) is 0 Å². The topological polar surface area (TPSA) is 75.3 Å². The van der Waals surface area contributed by atoms with Crippen molar-refractivity contribution in [3.05, 3.63) is 0 Å². The predicted molar refractivity (Wildman–Crippen MR) is 59.7 cm³/mol. The van der Waals surface area contributed by atoms with Gasteiger partial charge in [0.2, 0.25) is 0 Å². The average Bonchev–Trinajstić information content (AvgIpc) is 2.26. The average molecular weight is 214 g/mol. The van der Waals surface area contributed by atoms with Crippen molar-refractivity contribution in [1.82, 2.24) is 5.32 Å². The molecule has 0 spiro atoms. The maximum absolute atomic E-state index is 10.5. The molecular weight excluding hydrogens is 192 g/mol. The van der Waals surface area contributed by atoms with Crippen LogP contribution >= 0.6 is 0 Å². The summed E-state index contributed by atoms with van der Waals surface area (Å²) in [7, 11) is 0. The molecule has 0 saturated heterocycles. The number of carboxylic acids is 1. The fraction of sp³-hybridized carbons (Fsp3) is 0.909. The van der Waals surface area contributed by atoms with E-state index in [0.29, 0.717) is 18.5 Å². The summed E-state index contributed by atoms with van der Waals surface area (Å²) in [5.74, 6) is -0.238. The van der Waals surface area contributed by atoms with Crippen LogP contribution in [0.3, 0.4) is 0 Å². The molecule has 0 aromatic rings. The SMILES string of the molecule is C[C@H](NCC(N)C(=O)O)C1CCCCC1. The number of nitrogens with two attached hydrogens (primary N) is 1. The molecule has 1 fully saturated rings. The summed E-state index contributed by atoms with van der Waals surface area (Å²) in [6.45, 7) is 2.50. The molecule has 88 valence electrons. The summed E-state index contributed by atoms with van der Waals surface area (Å²) in [4.78, 5) is 10.5. The highest BCUT2D eigenvalue weighted by Gasteiger charge is 2.21. The van der Waals surface area contributed by atoms with Gasteiger partial charge in [-0.1, -0.05) is 19.3 Å². The molecule has 1 rings (SSSR count). The normalized spacial score (nSPS) is 22.3. The highest BCUT2D eigenvalue weighted by Crippen LogP contribution is 2.26. The van der Waals surface area contributed by atoms with Crippen molar-refractivity contribution in [1.29, 1.82) is 0 Å². The van der Waals surface area contributed by atoms with Gasteiger partial charge in [0.05, 0.1) is 0 Å². The lowest BCUT2D eigenvalue weighted by atomic mass is 9.84. The molecule has 0 radical (unpaired) electrons. The Labute approximate surface area is 91.2 Å². The van der Waals surface area contributed by atoms with Crippen molar-refractivity contribution in [2.24, 2.45) is 11.7 Å². The molecule has 0 bridgehead atoms. The first-order valence-corrected chi connectivity index (χ1v) is 5.83. The molecule has 1 aliphatic carbocycles. The summed E-state index contributed by atoms with van der Waals surface area (Å²) in [6, 6.07) is -0.397. The second-order valence-corrected chi connectivity index (χ2v) is 4.54. The Morgan fingerprint density at radius 1 is 1.47 bits per heavy atom. The molecule has 2 atom stereocenters. The molecule has 1 saturated carbocycles. The van der Waals surface area contributed by atoms with Gasteiger partial charge < -0.3 is 16.2 Å². The smallest absolute Gasteiger partial charge is 0.321 e. The van der Waals surface area contributed by atoms with Crippen LogP contribution in [0, 0.1) is 5.92 Å². The van der Waals surface area contributed by atoms with Gasteiger partial charge in [-0.3, -0.25) is 4.79 Å². The molecule has 0 amide bonds. The third-order valence-electron chi connectivity index (χ3n) is 3.33. The van der Waals surface area contributed by atoms with Crippen LogP contribution in [-0.2, 0) is 4.79 Å². The minimum atomic E-state index is -0.932. The highest BCUT2D eigenvalue weighted by atomic mass is 16.4. The molecule has 15 heavy (non-hydrogen) atoms. The Morgan fingerprint density at radius 3 is 2.60 bits per heavy atom. The lowest BCUT2D eigenvalue weighted by Crippen LogP contribution is -2.45. The number of nitrogens with one attached hydrogen (secondary N) is 1. The summed E-state index contributed by atoms with van der Waals surface area (Å²) < 4.78 is 0. The second-order valence-electron chi connectivity index (χ2n) is 4.54. The third-order valence-corrected chi connectivity index (χ3v) is 3.33.